The zero-order valence-electron chi connectivity index (χ0n) is 12.4. The molecule has 0 unspecified atom stereocenters. The Morgan fingerprint density at radius 2 is 1.85 bits per heavy atom. The number of benzene rings is 1. The first-order chi connectivity index (χ1) is 9.70. The first-order valence-electron chi connectivity index (χ1n) is 7.86. The number of likely N-dealkylation sites (tertiary alicyclic amines) is 1. The topological polar surface area (TPSA) is 27.0 Å². The van der Waals surface area contributed by atoms with Gasteiger partial charge in [0.05, 0.1) is 6.07 Å². The molecule has 0 spiro atoms. The van der Waals surface area contributed by atoms with Gasteiger partial charge in [0.15, 0.2) is 0 Å². The van der Waals surface area contributed by atoms with Crippen molar-refractivity contribution in [2.24, 2.45) is 5.41 Å². The first-order valence-corrected chi connectivity index (χ1v) is 7.86. The Bertz CT molecular complexity index is 474. The lowest BCUT2D eigenvalue weighted by atomic mass is 9.71. The van der Waals surface area contributed by atoms with Gasteiger partial charge in [0.2, 0.25) is 0 Å². The lowest BCUT2D eigenvalue weighted by Crippen LogP contribution is -2.52. The highest BCUT2D eigenvalue weighted by Gasteiger charge is 2.38. The second kappa shape index (κ2) is 5.58. The van der Waals surface area contributed by atoms with Crippen LogP contribution in [0.4, 0.5) is 0 Å². The molecule has 1 saturated heterocycles. The van der Waals surface area contributed by atoms with Gasteiger partial charge in [0.1, 0.15) is 0 Å². The second-order valence-electron chi connectivity index (χ2n) is 6.94. The van der Waals surface area contributed by atoms with Gasteiger partial charge in [-0.25, -0.2) is 0 Å². The van der Waals surface area contributed by atoms with Crippen molar-refractivity contribution in [3.8, 4) is 6.07 Å². The monoisotopic (exact) mass is 268 g/mol. The highest BCUT2D eigenvalue weighted by Crippen LogP contribution is 2.42. The van der Waals surface area contributed by atoms with Gasteiger partial charge >= 0.3 is 0 Å². The predicted molar refractivity (Wildman–Crippen MR) is 81.3 cm³/mol. The van der Waals surface area contributed by atoms with Gasteiger partial charge in [-0.05, 0) is 36.7 Å². The van der Waals surface area contributed by atoms with E-state index in [2.05, 4.69) is 48.2 Å². The molecule has 1 aromatic rings. The normalized spacial score (nSPS) is 31.5. The Hall–Kier alpha value is -1.33. The van der Waals surface area contributed by atoms with Crippen LogP contribution in [0.5, 0.6) is 0 Å². The number of hydrogen-bond acceptors (Lipinski definition) is 2. The summed E-state index contributed by atoms with van der Waals surface area (Å²) >= 11 is 0. The van der Waals surface area contributed by atoms with E-state index in [-0.39, 0.29) is 5.41 Å². The Kier molecular flexibility index (Phi) is 3.81. The summed E-state index contributed by atoms with van der Waals surface area (Å²) in [6.07, 6.45) is 5.72. The van der Waals surface area contributed by atoms with Crippen LogP contribution in [-0.2, 0) is 0 Å². The van der Waals surface area contributed by atoms with E-state index >= 15 is 0 Å². The summed E-state index contributed by atoms with van der Waals surface area (Å²) in [4.78, 5) is 2.66. The van der Waals surface area contributed by atoms with E-state index in [4.69, 9.17) is 5.26 Å². The van der Waals surface area contributed by atoms with Gasteiger partial charge in [0.25, 0.3) is 0 Å². The van der Waals surface area contributed by atoms with Crippen molar-refractivity contribution in [2.75, 3.05) is 13.1 Å². The molecule has 1 heterocycles. The summed E-state index contributed by atoms with van der Waals surface area (Å²) < 4.78 is 0. The van der Waals surface area contributed by atoms with Gasteiger partial charge in [0, 0.05) is 31.5 Å². The number of rotatable bonds is 3. The van der Waals surface area contributed by atoms with E-state index < -0.39 is 0 Å². The number of nitriles is 1. The largest absolute Gasteiger partial charge is 0.299 e. The fourth-order valence-corrected chi connectivity index (χ4v) is 3.78. The molecule has 2 aliphatic rings. The molecule has 1 aliphatic heterocycles. The highest BCUT2D eigenvalue weighted by molar-refractivity contribution is 5.23. The Balaban J connectivity index is 1.49. The molecule has 2 nitrogen and oxygen atoms in total. The standard InChI is InChI=1S/C18H24N2/c1-18(11-12-19)9-7-17(8-10-18)20-13-16(14-20)15-5-3-2-4-6-15/h2-6,16-17H,7-11,13-14H2,1H3. The molecule has 2 heteroatoms. The van der Waals surface area contributed by atoms with E-state index in [0.29, 0.717) is 0 Å². The van der Waals surface area contributed by atoms with Crippen LogP contribution in [0.2, 0.25) is 0 Å². The van der Waals surface area contributed by atoms with Crippen LogP contribution in [0.1, 0.15) is 50.5 Å². The summed E-state index contributed by atoms with van der Waals surface area (Å²) in [6.45, 7) is 4.74. The third-order valence-corrected chi connectivity index (χ3v) is 5.37. The summed E-state index contributed by atoms with van der Waals surface area (Å²) in [6, 6.07) is 14.0. The molecule has 106 valence electrons. The van der Waals surface area contributed by atoms with E-state index in [9.17, 15) is 0 Å². The smallest absolute Gasteiger partial charge is 0.0627 e. The van der Waals surface area contributed by atoms with E-state index in [1.54, 1.807) is 0 Å². The summed E-state index contributed by atoms with van der Waals surface area (Å²) in [5.41, 5.74) is 1.78. The quantitative estimate of drug-likeness (QED) is 0.830. The van der Waals surface area contributed by atoms with Crippen molar-refractivity contribution in [1.82, 2.24) is 4.90 Å². The van der Waals surface area contributed by atoms with E-state index in [1.807, 2.05) is 0 Å². The minimum absolute atomic E-state index is 0.287. The number of nitrogens with zero attached hydrogens (tertiary/aromatic N) is 2. The molecule has 20 heavy (non-hydrogen) atoms. The van der Waals surface area contributed by atoms with Crippen LogP contribution < -0.4 is 0 Å². The molecule has 0 atom stereocenters. The van der Waals surface area contributed by atoms with Crippen LogP contribution in [0.3, 0.4) is 0 Å². The Morgan fingerprint density at radius 3 is 2.45 bits per heavy atom. The molecule has 2 fully saturated rings. The maximum absolute atomic E-state index is 8.92. The number of hydrogen-bond donors (Lipinski definition) is 0. The van der Waals surface area contributed by atoms with Crippen molar-refractivity contribution < 1.29 is 0 Å². The summed E-state index contributed by atoms with van der Waals surface area (Å²) in [7, 11) is 0. The molecule has 1 aromatic carbocycles. The van der Waals surface area contributed by atoms with Gasteiger partial charge in [-0.15, -0.1) is 0 Å². The van der Waals surface area contributed by atoms with Crippen LogP contribution in [-0.4, -0.2) is 24.0 Å². The van der Waals surface area contributed by atoms with Gasteiger partial charge < -0.3 is 0 Å². The van der Waals surface area contributed by atoms with E-state index in [1.165, 1.54) is 44.3 Å². The minimum atomic E-state index is 0.287. The van der Waals surface area contributed by atoms with Crippen LogP contribution in [0, 0.1) is 16.7 Å². The summed E-state index contributed by atoms with van der Waals surface area (Å²) in [5, 5.41) is 8.92. The molecule has 0 N–H and O–H groups in total. The maximum Gasteiger partial charge on any atom is 0.0627 e. The van der Waals surface area contributed by atoms with Crippen LogP contribution in [0.25, 0.3) is 0 Å². The van der Waals surface area contributed by atoms with Crippen molar-refractivity contribution in [1.29, 1.82) is 5.26 Å². The molecule has 0 radical (unpaired) electrons. The molecule has 1 aliphatic carbocycles. The third kappa shape index (κ3) is 2.74. The average Bonchev–Trinajstić information content (AvgIpc) is 2.41. The van der Waals surface area contributed by atoms with E-state index in [0.717, 1.165) is 18.4 Å². The SMILES string of the molecule is CC1(CC#N)CCC(N2CC(c3ccccc3)C2)CC1. The molecular weight excluding hydrogens is 244 g/mol. The first kappa shape index (κ1) is 13.6. The fraction of sp³-hybridized carbons (Fsp3) is 0.611. The Labute approximate surface area is 122 Å². The highest BCUT2D eigenvalue weighted by atomic mass is 15.2. The maximum atomic E-state index is 8.92. The van der Waals surface area contributed by atoms with Gasteiger partial charge in [-0.2, -0.15) is 5.26 Å². The van der Waals surface area contributed by atoms with Crippen LogP contribution >= 0.6 is 0 Å². The van der Waals surface area contributed by atoms with Crippen molar-refractivity contribution in [2.45, 2.75) is 51.0 Å². The average molecular weight is 268 g/mol. The molecular formula is C18H24N2. The molecule has 0 aromatic heterocycles. The van der Waals surface area contributed by atoms with Crippen molar-refractivity contribution >= 4 is 0 Å². The Morgan fingerprint density at radius 1 is 1.20 bits per heavy atom. The second-order valence-corrected chi connectivity index (χ2v) is 6.94. The van der Waals surface area contributed by atoms with Gasteiger partial charge in [-0.3, -0.25) is 4.90 Å². The zero-order chi connectivity index (χ0) is 14.0. The zero-order valence-corrected chi connectivity index (χ0v) is 12.4. The van der Waals surface area contributed by atoms with Gasteiger partial charge in [-0.1, -0.05) is 37.3 Å². The van der Waals surface area contributed by atoms with Crippen molar-refractivity contribution in [3.63, 3.8) is 0 Å². The lowest BCUT2D eigenvalue weighted by Gasteiger charge is -2.48. The minimum Gasteiger partial charge on any atom is -0.299 e. The van der Waals surface area contributed by atoms with Crippen molar-refractivity contribution in [3.05, 3.63) is 35.9 Å². The summed E-state index contributed by atoms with van der Waals surface area (Å²) in [5.74, 6) is 0.739. The molecule has 1 saturated carbocycles. The lowest BCUT2D eigenvalue weighted by molar-refractivity contribution is 0.0410. The molecule has 0 amide bonds. The molecule has 3 rings (SSSR count). The third-order valence-electron chi connectivity index (χ3n) is 5.37. The fourth-order valence-electron chi connectivity index (χ4n) is 3.78. The molecule has 0 bridgehead atoms. The predicted octanol–water partition coefficient (Wildman–Crippen LogP) is 3.95. The van der Waals surface area contributed by atoms with Crippen LogP contribution in [0.15, 0.2) is 30.3 Å².